The number of thiazole rings is 2. The van der Waals surface area contributed by atoms with E-state index < -0.39 is 0 Å². The van der Waals surface area contributed by atoms with Gasteiger partial charge in [-0.3, -0.25) is 24.9 Å². The molecule has 16 nitrogen and oxygen atoms in total. The molecule has 3 aliphatic rings. The van der Waals surface area contributed by atoms with Crippen LogP contribution in [0.2, 0.25) is 0 Å². The zero-order chi connectivity index (χ0) is 76.9. The maximum atomic E-state index is 4.58. The molecule has 0 radical (unpaired) electrons. The van der Waals surface area contributed by atoms with E-state index in [0.717, 1.165) is 53.4 Å². The van der Waals surface area contributed by atoms with Crippen LogP contribution in [0.5, 0.6) is 0 Å². The van der Waals surface area contributed by atoms with Gasteiger partial charge in [0.15, 0.2) is 0 Å². The van der Waals surface area contributed by atoms with Crippen molar-refractivity contribution >= 4 is 75.4 Å². The van der Waals surface area contributed by atoms with E-state index >= 15 is 0 Å². The Morgan fingerprint density at radius 2 is 1.16 bits per heavy atom. The number of allylic oxidation sites excluding steroid dienone is 4. The van der Waals surface area contributed by atoms with Gasteiger partial charge in [0.1, 0.15) is 18.3 Å². The molecule has 96 heavy (non-hydrogen) atoms. The number of aromatic nitrogens is 10. The zero-order valence-electron chi connectivity index (χ0n) is 67.1. The molecule has 9 aromatic rings. The van der Waals surface area contributed by atoms with E-state index in [0.29, 0.717) is 0 Å². The van der Waals surface area contributed by atoms with E-state index in [1.165, 1.54) is 61.2 Å². The van der Waals surface area contributed by atoms with Crippen LogP contribution < -0.4 is 0 Å². The SMILES string of the molecule is CC.CC.CC.CC.CC.CC.CC.CC.CC.CC.CC.CC.CC1=CCC=N1.CC1=CN=CC1.CC1=NC=CC1.Cc1ccno1.Cc1ccns1.Cc1ccon1.Cc1ccsn1.Cc1cncs1.Cc1cnoc1.Cc1cnsc1.Cc1cscn1.Cn1ccnc1. The van der Waals surface area contributed by atoms with Crippen molar-refractivity contribution in [2.24, 2.45) is 22.0 Å². The summed E-state index contributed by atoms with van der Waals surface area (Å²) < 4.78 is 27.1. The highest BCUT2D eigenvalue weighted by Crippen LogP contribution is 2.03. The van der Waals surface area contributed by atoms with Crippen molar-refractivity contribution in [3.05, 3.63) is 193 Å². The number of aryl methyl sites for hydroxylation is 9. The molecule has 3 aliphatic heterocycles. The summed E-state index contributed by atoms with van der Waals surface area (Å²) in [7, 11) is 1.94. The van der Waals surface area contributed by atoms with Gasteiger partial charge in [-0.25, -0.2) is 13.7 Å². The van der Waals surface area contributed by atoms with Crippen molar-refractivity contribution in [3.63, 3.8) is 0 Å². The van der Waals surface area contributed by atoms with Gasteiger partial charge in [-0.1, -0.05) is 194 Å². The second kappa shape index (κ2) is 113. The molecule has 0 amide bonds. The number of aliphatic imine (C=N–C) groups is 3. The van der Waals surface area contributed by atoms with Gasteiger partial charge in [-0.05, 0) is 134 Å². The Bertz CT molecular complexity index is 2170. The number of hydrogen-bond acceptors (Lipinski definition) is 20. The summed E-state index contributed by atoms with van der Waals surface area (Å²) in [5, 5.41) is 16.4. The largest absolute Gasteiger partial charge is 0.365 e. The van der Waals surface area contributed by atoms with E-state index in [4.69, 9.17) is 0 Å². The minimum atomic E-state index is 0.856. The maximum absolute atomic E-state index is 4.58. The summed E-state index contributed by atoms with van der Waals surface area (Å²) in [6.07, 6.45) is 32.2. The Labute approximate surface area is 609 Å². The quantitative estimate of drug-likeness (QED) is 0.139. The van der Waals surface area contributed by atoms with Crippen molar-refractivity contribution in [3.8, 4) is 0 Å². The molecule has 0 atom stereocenters. The molecule has 0 unspecified atom stereocenters. The predicted octanol–water partition coefficient (Wildman–Crippen LogP) is 27.0. The molecular formula is C75H139N13O3S5. The molecule has 9 aromatic heterocycles. The summed E-state index contributed by atoms with van der Waals surface area (Å²) in [6, 6.07) is 7.59. The Hall–Kier alpha value is -6.78. The average molecular weight is 1430 g/mol. The Morgan fingerprint density at radius 1 is 0.531 bits per heavy atom. The molecule has 0 bridgehead atoms. The average Bonchev–Trinajstić information content (AvgIpc) is 4.46. The number of imidazole rings is 1. The zero-order valence-corrected chi connectivity index (χ0v) is 71.2. The summed E-state index contributed by atoms with van der Waals surface area (Å²) in [6.45, 7) is 69.8. The standard InChI is InChI=1S/3C5H7N.C4H6N2.3C4H5NO.5C4H5NS.12C2H6/c1-5-2-3-6-4-5;2*1-5-3-2-4-6-5;1-6-3-2-5-4-6;1-4-2-5-6-3-4;1-4-2-3-6-5-4;1-4-2-3-5-6-4;1-4-2-6-3-5-4;1-4-2-5-3-6-4;1-4-2-5-6-3-4;1-4-2-3-6-5-4;1-4-2-3-5-6-4;12*1-2/h2*3-4H,2H2,1H3;2,4H,3H2,1H3;2-4H,1H3;8*2-3H,1H3;12*1-2H3. The van der Waals surface area contributed by atoms with Crippen LogP contribution in [0.25, 0.3) is 0 Å². The number of rotatable bonds is 0. The van der Waals surface area contributed by atoms with Gasteiger partial charge in [0.05, 0.1) is 41.1 Å². The second-order valence-corrected chi connectivity index (χ2v) is 18.9. The van der Waals surface area contributed by atoms with Crippen molar-refractivity contribution < 1.29 is 13.6 Å². The van der Waals surface area contributed by atoms with Crippen LogP contribution in [0.1, 0.15) is 250 Å². The summed E-state index contributed by atoms with van der Waals surface area (Å²) in [5.41, 5.74) is 12.8. The smallest absolute Gasteiger partial charge is 0.133 e. The van der Waals surface area contributed by atoms with Crippen LogP contribution in [0.4, 0.5) is 0 Å². The number of hydrogen-bond donors (Lipinski definition) is 0. The van der Waals surface area contributed by atoms with Crippen molar-refractivity contribution in [1.82, 2.24) is 48.1 Å². The van der Waals surface area contributed by atoms with E-state index in [2.05, 4.69) is 91.2 Å². The first-order chi connectivity index (χ1) is 46.7. The van der Waals surface area contributed by atoms with Crippen LogP contribution in [-0.2, 0) is 7.05 Å². The molecular weight excluding hydrogens is 1290 g/mol. The summed E-state index contributed by atoms with van der Waals surface area (Å²) in [5.74, 6) is 0.856. The lowest BCUT2D eigenvalue weighted by atomic mass is 10.3. The molecule has 0 spiro atoms. The lowest BCUT2D eigenvalue weighted by Crippen LogP contribution is -1.78. The Balaban J connectivity index is -0.0000000779. The van der Waals surface area contributed by atoms with Crippen molar-refractivity contribution in [2.75, 3.05) is 0 Å². The van der Waals surface area contributed by atoms with Gasteiger partial charge in [-0.2, -0.15) is 4.37 Å². The van der Waals surface area contributed by atoms with E-state index in [-0.39, 0.29) is 0 Å². The molecule has 12 rings (SSSR count). The van der Waals surface area contributed by atoms with Gasteiger partial charge in [0.2, 0.25) is 0 Å². The first-order valence-electron chi connectivity index (χ1n) is 34.1. The normalized spacial score (nSPS) is 9.19. The highest BCUT2D eigenvalue weighted by molar-refractivity contribution is 7.09. The molecule has 0 aromatic carbocycles. The third-order valence-corrected chi connectivity index (χ3v) is 11.0. The highest BCUT2D eigenvalue weighted by atomic mass is 32.1. The van der Waals surface area contributed by atoms with Gasteiger partial charge < -0.3 is 18.1 Å². The van der Waals surface area contributed by atoms with E-state index in [1.807, 2.05) is 330 Å². The third kappa shape index (κ3) is 109. The lowest BCUT2D eigenvalue weighted by Gasteiger charge is -1.76. The fourth-order valence-electron chi connectivity index (χ4n) is 3.86. The molecule has 21 heteroatoms. The van der Waals surface area contributed by atoms with Crippen LogP contribution in [0.15, 0.2) is 178 Å². The van der Waals surface area contributed by atoms with Crippen molar-refractivity contribution in [2.45, 2.75) is 262 Å². The van der Waals surface area contributed by atoms with Gasteiger partial charge in [-0.15, -0.1) is 22.7 Å². The van der Waals surface area contributed by atoms with Crippen LogP contribution in [-0.4, -0.2) is 66.3 Å². The minimum absolute atomic E-state index is 0.856. The third-order valence-electron chi connectivity index (χ3n) is 7.57. The van der Waals surface area contributed by atoms with Gasteiger partial charge >= 0.3 is 0 Å². The van der Waals surface area contributed by atoms with Crippen LogP contribution in [0.3, 0.4) is 0 Å². The summed E-state index contributed by atoms with van der Waals surface area (Å²) in [4.78, 5) is 25.9. The number of nitrogens with zero attached hydrogens (tertiary/aromatic N) is 13. The molecule has 0 N–H and O–H groups in total. The van der Waals surface area contributed by atoms with Gasteiger partial charge in [0.25, 0.3) is 0 Å². The molecule has 12 heterocycles. The first-order valence-corrected chi connectivity index (χ1v) is 38.4. The highest BCUT2D eigenvalue weighted by Gasteiger charge is 1.89. The Morgan fingerprint density at radius 3 is 1.28 bits per heavy atom. The molecule has 0 fully saturated rings. The van der Waals surface area contributed by atoms with E-state index in [1.54, 1.807) is 78.4 Å². The van der Waals surface area contributed by atoms with E-state index in [9.17, 15) is 0 Å². The fraction of sp³-hybridized carbons (Fsp3) is 0.520. The fourth-order valence-corrected chi connectivity index (χ4v) is 6.28. The van der Waals surface area contributed by atoms with Crippen molar-refractivity contribution in [1.29, 1.82) is 0 Å². The second-order valence-electron chi connectivity index (χ2n) is 14.8. The molecule has 0 saturated carbocycles. The monoisotopic (exact) mass is 1430 g/mol. The minimum Gasteiger partial charge on any atom is -0.365 e. The molecule has 552 valence electrons. The van der Waals surface area contributed by atoms with Gasteiger partial charge in [0, 0.05) is 143 Å². The molecule has 0 saturated heterocycles. The lowest BCUT2D eigenvalue weighted by molar-refractivity contribution is 0.397. The maximum Gasteiger partial charge on any atom is 0.133 e. The van der Waals surface area contributed by atoms with Crippen LogP contribution >= 0.6 is 57.3 Å². The Kier molecular flexibility index (Phi) is 137. The summed E-state index contributed by atoms with van der Waals surface area (Å²) >= 11 is 7.80. The molecule has 0 aliphatic carbocycles. The topological polar surface area (TPSA) is 197 Å². The first kappa shape index (κ1) is 116. The predicted molar refractivity (Wildman–Crippen MR) is 438 cm³/mol. The van der Waals surface area contributed by atoms with Crippen LogP contribution in [0, 0.1) is 55.4 Å².